The molecular formula is C34H51FN3O6S2U+. The summed E-state index contributed by atoms with van der Waals surface area (Å²) >= 11 is 2.45. The number of amides is 2. The Morgan fingerprint density at radius 2 is 1.64 bits per heavy atom. The second kappa shape index (κ2) is 19.9. The van der Waals surface area contributed by atoms with Gasteiger partial charge in [0.2, 0.25) is 0 Å². The summed E-state index contributed by atoms with van der Waals surface area (Å²) in [5.41, 5.74) is 0.674. The number of nitrogens with one attached hydrogen (secondary N) is 2. The molecule has 47 heavy (non-hydrogen) atoms. The van der Waals surface area contributed by atoms with Crippen molar-refractivity contribution in [3.05, 3.63) is 44.6 Å². The first-order chi connectivity index (χ1) is 21.0. The minimum absolute atomic E-state index is 0. The minimum Gasteiger partial charge on any atom is -0.460 e. The third-order valence-corrected chi connectivity index (χ3v) is 9.62. The Kier molecular flexibility index (Phi) is 19.1. The number of likely N-dealkylation sites (tertiary alicyclic amines) is 1. The number of quaternary nitrogens is 1. The molecule has 2 N–H and O–H groups in total. The molecule has 3 heterocycles. The molecule has 9 nitrogen and oxygen atoms in total. The molecule has 0 spiro atoms. The van der Waals surface area contributed by atoms with Gasteiger partial charge in [0.15, 0.2) is 12.3 Å². The van der Waals surface area contributed by atoms with E-state index in [0.29, 0.717) is 40.5 Å². The number of anilines is 1. The van der Waals surface area contributed by atoms with E-state index in [-0.39, 0.29) is 112 Å². The molecule has 260 valence electrons. The van der Waals surface area contributed by atoms with Crippen LogP contribution >= 0.6 is 22.7 Å². The first-order valence-electron chi connectivity index (χ1n) is 15.4. The van der Waals surface area contributed by atoms with E-state index in [1.54, 1.807) is 33.1 Å². The van der Waals surface area contributed by atoms with E-state index in [1.165, 1.54) is 29.6 Å². The Morgan fingerprint density at radius 3 is 2.21 bits per heavy atom. The quantitative estimate of drug-likeness (QED) is 0.106. The molecule has 2 aromatic heterocycles. The summed E-state index contributed by atoms with van der Waals surface area (Å²) in [5.74, 6) is -1.21. The maximum absolute atomic E-state index is 14.8. The number of ketones is 1. The number of ether oxygens (including phenoxy) is 1. The Hall–Kier alpha value is -1.91. The van der Waals surface area contributed by atoms with Crippen LogP contribution in [-0.2, 0) is 30.3 Å². The molecule has 0 unspecified atom stereocenters. The molecular weight excluding hydrogens is 868 g/mol. The van der Waals surface area contributed by atoms with Crippen LogP contribution in [0.3, 0.4) is 0 Å². The third kappa shape index (κ3) is 14.2. The van der Waals surface area contributed by atoms with Crippen LogP contribution in [-0.4, -0.2) is 78.3 Å². The molecule has 1 fully saturated rings. The largest absolute Gasteiger partial charge is 2.00 e. The van der Waals surface area contributed by atoms with Gasteiger partial charge in [-0.2, -0.15) is 16.9 Å². The number of carbonyl (C=O) groups excluding carboxylic acids is 5. The number of Topliss-reactive ketones (excluding diaryl/α,β-unsaturated/α-hetero) is 1. The van der Waals surface area contributed by atoms with E-state index in [2.05, 4.69) is 10.6 Å². The van der Waals surface area contributed by atoms with Crippen LogP contribution in [0.25, 0.3) is 0 Å². The van der Waals surface area contributed by atoms with Crippen LogP contribution in [0.2, 0.25) is 0 Å². The summed E-state index contributed by atoms with van der Waals surface area (Å²) in [7, 11) is 0. The van der Waals surface area contributed by atoms with Gasteiger partial charge < -0.3 is 32.1 Å². The Balaban J connectivity index is 0.00000519. The van der Waals surface area contributed by atoms with Gasteiger partial charge in [-0.1, -0.05) is 25.6 Å². The standard InChI is InChI=1S/C31H42FN3O6S2.C2H6.CH3.U/c1-20-18-42-24(17-36)23(20)14-22(37)15-35(12-9-31(6,32)10-13-35)16-25(38)34-27-21(2)19-43-28(27)29(40)33-11-7-8-26(39)41-30(3,4)5;1-2;;/h18-19H,7-16H2,1-6H3,(H,33,40)(H,34,38);1-2H3;1H3;/q;;-1;+2. The normalized spacial score (nSPS) is 18.7. The average molecular weight is 919 g/mol. The number of thiophene rings is 2. The maximum Gasteiger partial charge on any atom is 2.00 e. The van der Waals surface area contributed by atoms with E-state index < -0.39 is 11.3 Å². The molecule has 2 aromatic rings. The summed E-state index contributed by atoms with van der Waals surface area (Å²) in [5, 5.41) is 9.27. The fourth-order valence-corrected chi connectivity index (χ4v) is 6.89. The molecule has 0 aliphatic carbocycles. The minimum atomic E-state index is -1.37. The van der Waals surface area contributed by atoms with Crippen LogP contribution in [0, 0.1) is 52.4 Å². The molecule has 0 radical (unpaired) electrons. The first-order valence-corrected chi connectivity index (χ1v) is 17.2. The van der Waals surface area contributed by atoms with E-state index in [4.69, 9.17) is 4.74 Å². The number of alkyl halides is 1. The van der Waals surface area contributed by atoms with Crippen LogP contribution in [0.15, 0.2) is 10.8 Å². The Morgan fingerprint density at radius 1 is 1.04 bits per heavy atom. The van der Waals surface area contributed by atoms with Crippen LogP contribution in [0.4, 0.5) is 10.1 Å². The van der Waals surface area contributed by atoms with Crippen molar-refractivity contribution < 1.29 is 68.7 Å². The van der Waals surface area contributed by atoms with Gasteiger partial charge in [-0.25, -0.2) is 4.39 Å². The van der Waals surface area contributed by atoms with Crippen molar-refractivity contribution in [1.29, 1.82) is 0 Å². The van der Waals surface area contributed by atoms with Gasteiger partial charge in [-0.05, 0) is 63.8 Å². The summed E-state index contributed by atoms with van der Waals surface area (Å²) in [6.45, 7) is 15.4. The van der Waals surface area contributed by atoms with Crippen molar-refractivity contribution in [3.8, 4) is 0 Å². The predicted molar refractivity (Wildman–Crippen MR) is 184 cm³/mol. The van der Waals surface area contributed by atoms with Gasteiger partial charge in [0.1, 0.15) is 22.7 Å². The van der Waals surface area contributed by atoms with Gasteiger partial charge in [0, 0.05) is 32.1 Å². The monoisotopic (exact) mass is 918 g/mol. The number of piperidine rings is 1. The molecule has 1 saturated heterocycles. The maximum atomic E-state index is 14.8. The zero-order valence-corrected chi connectivity index (χ0v) is 35.1. The number of aryl methyl sites for hydroxylation is 2. The number of hydrogen-bond acceptors (Lipinski definition) is 8. The molecule has 2 amide bonds. The van der Waals surface area contributed by atoms with Crippen molar-refractivity contribution in [2.24, 2.45) is 0 Å². The molecule has 1 aliphatic heterocycles. The van der Waals surface area contributed by atoms with E-state index in [1.807, 2.05) is 32.4 Å². The van der Waals surface area contributed by atoms with Crippen LogP contribution in [0.1, 0.15) is 98.5 Å². The van der Waals surface area contributed by atoms with Gasteiger partial charge in [0.05, 0.1) is 18.8 Å². The molecule has 0 aromatic carbocycles. The number of hydrogen-bond donors (Lipinski definition) is 2. The van der Waals surface area contributed by atoms with Gasteiger partial charge >= 0.3 is 37.1 Å². The Labute approximate surface area is 311 Å². The molecule has 13 heteroatoms. The topological polar surface area (TPSA) is 119 Å². The molecule has 1 aliphatic rings. The first kappa shape index (κ1) is 45.1. The molecule has 0 atom stereocenters. The summed E-state index contributed by atoms with van der Waals surface area (Å²) < 4.78 is 20.2. The zero-order chi connectivity index (χ0) is 34.0. The fraction of sp³-hybridized carbons (Fsp3) is 0.588. The summed E-state index contributed by atoms with van der Waals surface area (Å²) in [4.78, 5) is 63.6. The summed E-state index contributed by atoms with van der Waals surface area (Å²) in [6, 6.07) is 0. The molecule has 3 rings (SSSR count). The van der Waals surface area contributed by atoms with Gasteiger partial charge in [-0.15, -0.1) is 16.9 Å². The van der Waals surface area contributed by atoms with Crippen molar-refractivity contribution in [2.75, 3.05) is 38.0 Å². The third-order valence-electron chi connectivity index (χ3n) is 7.48. The zero-order valence-electron chi connectivity index (χ0n) is 29.3. The number of esters is 1. The number of nitrogens with zero attached hydrogens (tertiary/aromatic N) is 1. The van der Waals surface area contributed by atoms with E-state index in [0.717, 1.165) is 11.1 Å². The molecule has 0 saturated carbocycles. The van der Waals surface area contributed by atoms with Crippen molar-refractivity contribution in [1.82, 2.24) is 5.32 Å². The fourth-order valence-electron chi connectivity index (χ4n) is 5.11. The van der Waals surface area contributed by atoms with E-state index in [9.17, 15) is 28.4 Å². The second-order valence-electron chi connectivity index (χ2n) is 12.7. The predicted octanol–water partition coefficient (Wildman–Crippen LogP) is 6.30. The van der Waals surface area contributed by atoms with Crippen LogP contribution < -0.4 is 10.6 Å². The number of halogens is 1. The number of rotatable bonds is 13. The summed E-state index contributed by atoms with van der Waals surface area (Å²) in [6.07, 6.45) is 2.96. The van der Waals surface area contributed by atoms with Crippen molar-refractivity contribution >= 4 is 58.2 Å². The Bertz CT molecular complexity index is 1360. The van der Waals surface area contributed by atoms with E-state index >= 15 is 0 Å². The van der Waals surface area contributed by atoms with Crippen molar-refractivity contribution in [3.63, 3.8) is 0 Å². The van der Waals surface area contributed by atoms with Crippen molar-refractivity contribution in [2.45, 2.75) is 98.8 Å². The number of carbonyl (C=O) groups is 4. The van der Waals surface area contributed by atoms with Crippen LogP contribution in [0.5, 0.6) is 0 Å². The van der Waals surface area contributed by atoms with Gasteiger partial charge in [0.25, 0.3) is 11.8 Å². The second-order valence-corrected chi connectivity index (χ2v) is 14.4. The average Bonchev–Trinajstić information content (AvgIpc) is 3.49. The molecule has 0 bridgehead atoms. The SMILES string of the molecule is CC.Cc1csc([C-]=O)c1CC(=O)C[N+]1(CC(=O)Nc2c(C)csc2C(=O)NCCCC(=O)OC(C)(C)C)CCC(C)(F)CC1.[CH3-].[U+2]. The smallest absolute Gasteiger partial charge is 0.460 e. The van der Waals surface area contributed by atoms with Gasteiger partial charge in [-0.3, -0.25) is 19.2 Å².